The van der Waals surface area contributed by atoms with Gasteiger partial charge in [0.05, 0.1) is 5.69 Å². The average Bonchev–Trinajstić information content (AvgIpc) is 2.62. The highest BCUT2D eigenvalue weighted by atomic mass is 19.1. The van der Waals surface area contributed by atoms with Crippen molar-refractivity contribution >= 4 is 17.4 Å². The number of para-hydroxylation sites is 1. The normalized spacial score (nSPS) is 17.4. The number of piperidine rings is 1. The Hall–Kier alpha value is -2.50. The van der Waals surface area contributed by atoms with E-state index in [2.05, 4.69) is 22.2 Å². The van der Waals surface area contributed by atoms with Crippen LogP contribution in [0.4, 0.5) is 15.9 Å². The van der Waals surface area contributed by atoms with Gasteiger partial charge in [0.25, 0.3) is 5.91 Å². The Labute approximate surface area is 147 Å². The third-order valence-electron chi connectivity index (χ3n) is 4.55. The summed E-state index contributed by atoms with van der Waals surface area (Å²) in [6.45, 7) is 4.60. The zero-order valence-corrected chi connectivity index (χ0v) is 14.6. The van der Waals surface area contributed by atoms with Gasteiger partial charge in [-0.3, -0.25) is 4.79 Å². The minimum Gasteiger partial charge on any atom is -0.338 e. The molecule has 2 aromatic rings. The van der Waals surface area contributed by atoms with E-state index < -0.39 is 0 Å². The second-order valence-corrected chi connectivity index (χ2v) is 6.35. The number of hydrogen-bond acceptors (Lipinski definition) is 4. The molecule has 2 heterocycles. The summed E-state index contributed by atoms with van der Waals surface area (Å²) in [6.07, 6.45) is 4.15. The fourth-order valence-corrected chi connectivity index (χ4v) is 3.28. The summed E-state index contributed by atoms with van der Waals surface area (Å²) in [5.74, 6) is 0.461. The maximum absolute atomic E-state index is 13.8. The van der Waals surface area contributed by atoms with Gasteiger partial charge in [0.2, 0.25) is 0 Å². The number of amides is 1. The van der Waals surface area contributed by atoms with Crippen LogP contribution in [0.3, 0.4) is 0 Å². The molecule has 1 saturated heterocycles. The van der Waals surface area contributed by atoms with Crippen molar-refractivity contribution in [1.29, 1.82) is 0 Å². The van der Waals surface area contributed by atoms with Crippen molar-refractivity contribution in [3.8, 4) is 0 Å². The van der Waals surface area contributed by atoms with Crippen LogP contribution < -0.4 is 5.32 Å². The van der Waals surface area contributed by atoms with Gasteiger partial charge in [-0.25, -0.2) is 14.4 Å². The molecule has 1 amide bonds. The molecule has 0 bridgehead atoms. The summed E-state index contributed by atoms with van der Waals surface area (Å²) in [5, 5.41) is 2.94. The van der Waals surface area contributed by atoms with Gasteiger partial charge >= 0.3 is 0 Å². The smallest absolute Gasteiger partial charge is 0.272 e. The van der Waals surface area contributed by atoms with E-state index in [0.717, 1.165) is 32.2 Å². The number of anilines is 2. The maximum atomic E-state index is 13.8. The largest absolute Gasteiger partial charge is 0.338 e. The number of aromatic nitrogens is 2. The van der Waals surface area contributed by atoms with E-state index in [-0.39, 0.29) is 17.8 Å². The van der Waals surface area contributed by atoms with E-state index in [4.69, 9.17) is 0 Å². The number of benzene rings is 1. The molecule has 0 radical (unpaired) electrons. The molecule has 1 unspecified atom stereocenters. The molecule has 0 aliphatic carbocycles. The Morgan fingerprint density at radius 2 is 2.12 bits per heavy atom. The third kappa shape index (κ3) is 3.95. The number of nitrogens with one attached hydrogen (secondary N) is 1. The van der Waals surface area contributed by atoms with Gasteiger partial charge < -0.3 is 10.2 Å². The van der Waals surface area contributed by atoms with E-state index in [1.807, 2.05) is 4.90 Å². The fraction of sp³-hybridized carbons (Fsp3) is 0.421. The lowest BCUT2D eigenvalue weighted by atomic mass is 9.99. The number of rotatable bonds is 4. The lowest BCUT2D eigenvalue weighted by molar-refractivity contribution is 0.0601. The predicted octanol–water partition coefficient (Wildman–Crippen LogP) is 4.07. The molecule has 1 fully saturated rings. The third-order valence-corrected chi connectivity index (χ3v) is 4.55. The molecule has 1 aliphatic rings. The summed E-state index contributed by atoms with van der Waals surface area (Å²) in [6, 6.07) is 8.24. The van der Waals surface area contributed by atoms with Crippen molar-refractivity contribution in [2.75, 3.05) is 11.9 Å². The second kappa shape index (κ2) is 7.59. The number of carbonyl (C=O) groups excluding carboxylic acids is 1. The van der Waals surface area contributed by atoms with E-state index in [0.29, 0.717) is 23.0 Å². The zero-order valence-electron chi connectivity index (χ0n) is 14.6. The van der Waals surface area contributed by atoms with Crippen molar-refractivity contribution in [1.82, 2.24) is 14.9 Å². The Balaban J connectivity index is 1.86. The van der Waals surface area contributed by atoms with Crippen LogP contribution in [0.2, 0.25) is 0 Å². The molecular formula is C19H23FN4O. The molecule has 1 aromatic carbocycles. The highest BCUT2D eigenvalue weighted by Crippen LogP contribution is 2.23. The standard InChI is InChI=1S/C19H23FN4O/c1-3-14-8-6-7-11-24(14)19(25)17-12-18(22-13(2)21-17)23-16-10-5-4-9-15(16)20/h4-5,9-10,12,14H,3,6-8,11H2,1-2H3,(H,21,22,23). The molecule has 6 heteroatoms. The van der Waals surface area contributed by atoms with Gasteiger partial charge in [0.15, 0.2) is 0 Å². The van der Waals surface area contributed by atoms with Crippen LogP contribution >= 0.6 is 0 Å². The van der Waals surface area contributed by atoms with Gasteiger partial charge in [-0.1, -0.05) is 19.1 Å². The fourth-order valence-electron chi connectivity index (χ4n) is 3.28. The Kier molecular flexibility index (Phi) is 5.26. The van der Waals surface area contributed by atoms with Crippen molar-refractivity contribution in [2.24, 2.45) is 0 Å². The van der Waals surface area contributed by atoms with E-state index in [1.165, 1.54) is 6.07 Å². The predicted molar refractivity (Wildman–Crippen MR) is 95.4 cm³/mol. The summed E-state index contributed by atoms with van der Waals surface area (Å²) in [7, 11) is 0. The van der Waals surface area contributed by atoms with Crippen LogP contribution in [-0.4, -0.2) is 33.4 Å². The quantitative estimate of drug-likeness (QED) is 0.910. The van der Waals surface area contributed by atoms with Gasteiger partial charge in [-0.2, -0.15) is 0 Å². The van der Waals surface area contributed by atoms with Crippen molar-refractivity contribution in [3.05, 3.63) is 47.7 Å². The van der Waals surface area contributed by atoms with Crippen LogP contribution in [0.25, 0.3) is 0 Å². The molecule has 5 nitrogen and oxygen atoms in total. The summed E-state index contributed by atoms with van der Waals surface area (Å²) >= 11 is 0. The second-order valence-electron chi connectivity index (χ2n) is 6.35. The number of carbonyl (C=O) groups is 1. The van der Waals surface area contributed by atoms with Gasteiger partial charge in [0, 0.05) is 18.7 Å². The lowest BCUT2D eigenvalue weighted by Gasteiger charge is -2.35. The SMILES string of the molecule is CCC1CCCCN1C(=O)c1cc(Nc2ccccc2F)nc(C)n1. The van der Waals surface area contributed by atoms with Crippen molar-refractivity contribution < 1.29 is 9.18 Å². The van der Waals surface area contributed by atoms with Crippen LogP contribution in [0.15, 0.2) is 30.3 Å². The molecule has 1 atom stereocenters. The average molecular weight is 342 g/mol. The first-order valence-corrected chi connectivity index (χ1v) is 8.76. The molecule has 1 N–H and O–H groups in total. The number of nitrogens with zero attached hydrogens (tertiary/aromatic N) is 3. The van der Waals surface area contributed by atoms with Crippen LogP contribution in [0, 0.1) is 12.7 Å². The highest BCUT2D eigenvalue weighted by Gasteiger charge is 2.27. The molecule has 0 spiro atoms. The maximum Gasteiger partial charge on any atom is 0.272 e. The monoisotopic (exact) mass is 342 g/mol. The van der Waals surface area contributed by atoms with E-state index >= 15 is 0 Å². The van der Waals surface area contributed by atoms with E-state index in [1.54, 1.807) is 31.2 Å². The molecular weight excluding hydrogens is 319 g/mol. The highest BCUT2D eigenvalue weighted by molar-refractivity contribution is 5.93. The van der Waals surface area contributed by atoms with Crippen LogP contribution in [-0.2, 0) is 0 Å². The van der Waals surface area contributed by atoms with Gasteiger partial charge in [-0.15, -0.1) is 0 Å². The topological polar surface area (TPSA) is 58.1 Å². The van der Waals surface area contributed by atoms with Crippen LogP contribution in [0.5, 0.6) is 0 Å². The summed E-state index contributed by atoms with van der Waals surface area (Å²) in [5.41, 5.74) is 0.676. The first-order chi connectivity index (χ1) is 12.1. The molecule has 132 valence electrons. The number of aryl methyl sites for hydroxylation is 1. The number of likely N-dealkylation sites (tertiary alicyclic amines) is 1. The minimum atomic E-state index is -0.367. The summed E-state index contributed by atoms with van der Waals surface area (Å²) in [4.78, 5) is 23.4. The molecule has 3 rings (SSSR count). The molecule has 1 aliphatic heterocycles. The Morgan fingerprint density at radius 1 is 1.32 bits per heavy atom. The van der Waals surface area contributed by atoms with Crippen molar-refractivity contribution in [3.63, 3.8) is 0 Å². The Bertz CT molecular complexity index is 765. The van der Waals surface area contributed by atoms with Crippen LogP contribution in [0.1, 0.15) is 48.9 Å². The minimum absolute atomic E-state index is 0.0753. The van der Waals surface area contributed by atoms with Gasteiger partial charge in [-0.05, 0) is 44.7 Å². The molecule has 25 heavy (non-hydrogen) atoms. The number of halogens is 1. The first-order valence-electron chi connectivity index (χ1n) is 8.76. The molecule has 1 aromatic heterocycles. The zero-order chi connectivity index (χ0) is 17.8. The van der Waals surface area contributed by atoms with Crippen molar-refractivity contribution in [2.45, 2.75) is 45.6 Å². The number of hydrogen-bond donors (Lipinski definition) is 1. The lowest BCUT2D eigenvalue weighted by Crippen LogP contribution is -2.43. The molecule has 0 saturated carbocycles. The van der Waals surface area contributed by atoms with E-state index in [9.17, 15) is 9.18 Å². The summed E-state index contributed by atoms with van der Waals surface area (Å²) < 4.78 is 13.8. The first kappa shape index (κ1) is 17.3. The Morgan fingerprint density at radius 3 is 2.88 bits per heavy atom. The van der Waals surface area contributed by atoms with Gasteiger partial charge in [0.1, 0.15) is 23.2 Å².